The van der Waals surface area contributed by atoms with E-state index in [0.29, 0.717) is 6.07 Å². The van der Waals surface area contributed by atoms with Crippen molar-refractivity contribution in [2.45, 2.75) is 13.1 Å². The normalized spacial score (nSPS) is 11.8. The molecule has 0 aliphatic rings. The lowest BCUT2D eigenvalue weighted by atomic mass is 9.92. The lowest BCUT2D eigenvalue weighted by Crippen LogP contribution is -2.35. The van der Waals surface area contributed by atoms with Crippen LogP contribution in [-0.4, -0.2) is 15.1 Å². The highest BCUT2D eigenvalue weighted by Crippen LogP contribution is 2.41. The van der Waals surface area contributed by atoms with Gasteiger partial charge in [-0.1, -0.05) is 18.2 Å². The highest BCUT2D eigenvalue weighted by atomic mass is 19.4. The molecule has 0 saturated heterocycles. The van der Waals surface area contributed by atoms with E-state index < -0.39 is 50.7 Å². The van der Waals surface area contributed by atoms with E-state index in [9.17, 15) is 44.0 Å². The second-order valence-electron chi connectivity index (χ2n) is 6.92. The van der Waals surface area contributed by atoms with Crippen molar-refractivity contribution in [3.05, 3.63) is 86.2 Å². The van der Waals surface area contributed by atoms with E-state index in [1.54, 1.807) is 12.1 Å². The van der Waals surface area contributed by atoms with Gasteiger partial charge in [0.1, 0.15) is 6.07 Å². The maximum absolute atomic E-state index is 14.0. The molecule has 0 aliphatic heterocycles. The second-order valence-corrected chi connectivity index (χ2v) is 6.92. The summed E-state index contributed by atoms with van der Waals surface area (Å²) in [6.07, 6.45) is -4.09. The maximum Gasteiger partial charge on any atom is 0.417 e. The average Bonchev–Trinajstić information content (AvgIpc) is 2.75. The number of aryl methyl sites for hydroxylation is 1. The van der Waals surface area contributed by atoms with Crippen molar-refractivity contribution in [2.24, 2.45) is 0 Å². The summed E-state index contributed by atoms with van der Waals surface area (Å²) >= 11 is 0. The minimum atomic E-state index is -4.95. The number of nitriles is 1. The Morgan fingerprint density at radius 3 is 2.36 bits per heavy atom. The van der Waals surface area contributed by atoms with Crippen LogP contribution in [0.5, 0.6) is 11.5 Å². The minimum Gasteiger partial charge on any atom is -0.618 e. The summed E-state index contributed by atoms with van der Waals surface area (Å²) in [4.78, 5) is 10.1. The number of benzene rings is 2. The van der Waals surface area contributed by atoms with E-state index in [1.807, 2.05) is 0 Å². The van der Waals surface area contributed by atoms with Gasteiger partial charge in [-0.3, -0.25) is 10.1 Å². The number of allylic oxidation sites excluding steroid dienone is 1. The number of nitro groups is 1. The molecule has 0 atom stereocenters. The van der Waals surface area contributed by atoms with Gasteiger partial charge in [0.05, 0.1) is 21.6 Å². The highest BCUT2D eigenvalue weighted by molar-refractivity contribution is 5.95. The predicted molar refractivity (Wildman–Crippen MR) is 110 cm³/mol. The number of nitrogens with zero attached hydrogens (tertiary/aromatic N) is 3. The van der Waals surface area contributed by atoms with Gasteiger partial charge in [-0.2, -0.15) is 23.2 Å². The van der Waals surface area contributed by atoms with Crippen molar-refractivity contribution in [3.63, 3.8) is 0 Å². The van der Waals surface area contributed by atoms with Gasteiger partial charge in [-0.05, 0) is 29.8 Å². The quantitative estimate of drug-likeness (QED) is 0.146. The number of aromatic nitrogens is 1. The Kier molecular flexibility index (Phi) is 5.95. The predicted octanol–water partition coefficient (Wildman–Crippen LogP) is 4.70. The van der Waals surface area contributed by atoms with E-state index in [0.717, 1.165) is 18.2 Å². The van der Waals surface area contributed by atoms with Crippen LogP contribution in [0.4, 0.5) is 18.9 Å². The summed E-state index contributed by atoms with van der Waals surface area (Å²) < 4.78 is 42.2. The van der Waals surface area contributed by atoms with Crippen molar-refractivity contribution < 1.29 is 33.0 Å². The number of phenols is 2. The van der Waals surface area contributed by atoms with Crippen LogP contribution in [0.15, 0.2) is 48.5 Å². The molecular weight excluding hydrogens is 443 g/mol. The Balaban J connectivity index is 2.43. The number of halogens is 3. The molecule has 11 heteroatoms. The molecule has 0 amide bonds. The van der Waals surface area contributed by atoms with Crippen molar-refractivity contribution >= 4 is 17.3 Å². The Bertz CT molecular complexity index is 1330. The van der Waals surface area contributed by atoms with Gasteiger partial charge in [0.25, 0.3) is 0 Å². The number of nitro benzene ring substituents is 1. The largest absolute Gasteiger partial charge is 0.618 e. The first kappa shape index (κ1) is 23.1. The molecule has 8 nitrogen and oxygen atoms in total. The molecule has 1 heterocycles. The maximum atomic E-state index is 14.0. The summed E-state index contributed by atoms with van der Waals surface area (Å²) in [7, 11) is 0. The van der Waals surface area contributed by atoms with Gasteiger partial charge >= 0.3 is 11.9 Å². The standard InChI is InChI=1S/C22H14F3N3O5/c1-12-7-16(22(23,24)25)19(20(27(12)31)14-5-3-2-4-6-14)15(11-26)8-13-9-17(28(32)33)21(30)18(29)10-13/h2-10,29-30H,1H3/b15-8+. The Morgan fingerprint density at radius 1 is 1.18 bits per heavy atom. The van der Waals surface area contributed by atoms with Gasteiger partial charge in [-0.15, -0.1) is 0 Å². The van der Waals surface area contributed by atoms with Gasteiger partial charge < -0.3 is 15.4 Å². The van der Waals surface area contributed by atoms with Crippen molar-refractivity contribution in [3.8, 4) is 28.8 Å². The molecule has 33 heavy (non-hydrogen) atoms. The SMILES string of the molecule is Cc1cc(C(F)(F)F)c(/C(C#N)=C/c2cc(O)c(O)c([N+](=O)[O-])c2)c(-c2ccccc2)[n+]1[O-]. The van der Waals surface area contributed by atoms with E-state index >= 15 is 0 Å². The lowest BCUT2D eigenvalue weighted by Gasteiger charge is -2.18. The first-order chi connectivity index (χ1) is 15.5. The van der Waals surface area contributed by atoms with E-state index in [1.165, 1.54) is 31.2 Å². The van der Waals surface area contributed by atoms with Gasteiger partial charge in [0.2, 0.25) is 11.4 Å². The summed E-state index contributed by atoms with van der Waals surface area (Å²) in [5, 5.41) is 53.1. The minimum absolute atomic E-state index is 0.109. The fourth-order valence-corrected chi connectivity index (χ4v) is 3.27. The summed E-state index contributed by atoms with van der Waals surface area (Å²) in [5.41, 5.74) is -4.36. The molecule has 0 spiro atoms. The van der Waals surface area contributed by atoms with Crippen molar-refractivity contribution in [1.82, 2.24) is 0 Å². The average molecular weight is 457 g/mol. The first-order valence-electron chi connectivity index (χ1n) is 9.18. The molecule has 168 valence electrons. The van der Waals surface area contributed by atoms with Gasteiger partial charge in [-0.25, -0.2) is 0 Å². The summed E-state index contributed by atoms with van der Waals surface area (Å²) in [6.45, 7) is 1.19. The smallest absolute Gasteiger partial charge is 0.417 e. The zero-order chi connectivity index (χ0) is 24.5. The number of alkyl halides is 3. The highest BCUT2D eigenvalue weighted by Gasteiger charge is 2.39. The summed E-state index contributed by atoms with van der Waals surface area (Å²) in [5.74, 6) is -1.95. The molecule has 0 aliphatic carbocycles. The summed E-state index contributed by atoms with van der Waals surface area (Å²) in [6, 6.07) is 11.3. The molecule has 0 fully saturated rings. The van der Waals surface area contributed by atoms with E-state index in [2.05, 4.69) is 0 Å². The lowest BCUT2D eigenvalue weighted by molar-refractivity contribution is -0.601. The molecule has 2 N–H and O–H groups in total. The van der Waals surface area contributed by atoms with Crippen LogP contribution in [-0.2, 0) is 6.18 Å². The zero-order valence-electron chi connectivity index (χ0n) is 16.8. The molecule has 3 rings (SSSR count). The number of hydrogen-bond donors (Lipinski definition) is 2. The van der Waals surface area contributed by atoms with Crippen LogP contribution in [0.3, 0.4) is 0 Å². The molecule has 0 unspecified atom stereocenters. The third kappa shape index (κ3) is 4.40. The first-order valence-corrected chi connectivity index (χ1v) is 9.18. The third-order valence-corrected chi connectivity index (χ3v) is 4.72. The number of rotatable bonds is 4. The fourth-order valence-electron chi connectivity index (χ4n) is 3.27. The molecule has 3 aromatic rings. The topological polar surface area (TPSA) is 134 Å². The van der Waals surface area contributed by atoms with E-state index in [-0.39, 0.29) is 21.6 Å². The molecule has 0 radical (unpaired) electrons. The van der Waals surface area contributed by atoms with Crippen LogP contribution in [0, 0.1) is 33.6 Å². The van der Waals surface area contributed by atoms with Crippen molar-refractivity contribution in [2.75, 3.05) is 0 Å². The van der Waals surface area contributed by atoms with Gasteiger partial charge in [0, 0.05) is 24.6 Å². The fraction of sp³-hybridized carbons (Fsp3) is 0.0909. The van der Waals surface area contributed by atoms with Crippen LogP contribution < -0.4 is 4.73 Å². The van der Waals surface area contributed by atoms with Crippen LogP contribution in [0.2, 0.25) is 0 Å². The van der Waals surface area contributed by atoms with Crippen molar-refractivity contribution in [1.29, 1.82) is 5.26 Å². The van der Waals surface area contributed by atoms with E-state index in [4.69, 9.17) is 0 Å². The van der Waals surface area contributed by atoms with Crippen LogP contribution >= 0.6 is 0 Å². The Labute approximate surface area is 184 Å². The van der Waals surface area contributed by atoms with Gasteiger partial charge in [0.15, 0.2) is 11.4 Å². The third-order valence-electron chi connectivity index (χ3n) is 4.72. The number of hydrogen-bond acceptors (Lipinski definition) is 6. The van der Waals surface area contributed by atoms with Crippen LogP contribution in [0.1, 0.15) is 22.4 Å². The molecular formula is C22H14F3N3O5. The molecule has 1 aromatic heterocycles. The zero-order valence-corrected chi connectivity index (χ0v) is 16.8. The molecule has 2 aromatic carbocycles. The Hall–Kier alpha value is -4.59. The second kappa shape index (κ2) is 8.51. The van der Waals surface area contributed by atoms with Crippen LogP contribution in [0.25, 0.3) is 22.9 Å². The number of aromatic hydroxyl groups is 2. The number of pyridine rings is 1. The molecule has 0 saturated carbocycles. The number of phenolic OH excluding ortho intramolecular Hbond substituents is 2. The molecule has 0 bridgehead atoms. The monoisotopic (exact) mass is 457 g/mol. The Morgan fingerprint density at radius 2 is 1.82 bits per heavy atom.